The molecular formula is C17H27ClN2O2S. The second-order valence-corrected chi connectivity index (χ2v) is 9.08. The van der Waals surface area contributed by atoms with Crippen molar-refractivity contribution >= 4 is 21.6 Å². The fourth-order valence-corrected chi connectivity index (χ4v) is 4.67. The van der Waals surface area contributed by atoms with E-state index in [4.69, 9.17) is 11.6 Å². The molecule has 1 aromatic rings. The summed E-state index contributed by atoms with van der Waals surface area (Å²) >= 11 is 5.81. The lowest BCUT2D eigenvalue weighted by atomic mass is 9.92. The maximum absolute atomic E-state index is 12.1. The Kier molecular flexibility index (Phi) is 6.89. The summed E-state index contributed by atoms with van der Waals surface area (Å²) in [5.74, 6) is 1.47. The molecule has 1 saturated heterocycles. The van der Waals surface area contributed by atoms with Crippen LogP contribution < -0.4 is 4.72 Å². The minimum Gasteiger partial charge on any atom is -0.303 e. The number of hydrogen-bond donors (Lipinski definition) is 1. The van der Waals surface area contributed by atoms with Crippen LogP contribution in [-0.2, 0) is 15.8 Å². The largest absolute Gasteiger partial charge is 0.303 e. The van der Waals surface area contributed by atoms with Crippen molar-refractivity contribution in [3.8, 4) is 0 Å². The molecule has 130 valence electrons. The fraction of sp³-hybridized carbons (Fsp3) is 0.647. The first-order chi connectivity index (χ1) is 10.8. The van der Waals surface area contributed by atoms with Crippen molar-refractivity contribution in [1.82, 2.24) is 9.62 Å². The van der Waals surface area contributed by atoms with E-state index in [9.17, 15) is 8.42 Å². The average molecular weight is 359 g/mol. The zero-order valence-electron chi connectivity index (χ0n) is 14.0. The number of piperidine rings is 1. The number of nitrogens with one attached hydrogen (secondary N) is 1. The lowest BCUT2D eigenvalue weighted by molar-refractivity contribution is 0.140. The first kappa shape index (κ1) is 18.7. The summed E-state index contributed by atoms with van der Waals surface area (Å²) in [5.41, 5.74) is 0.751. The van der Waals surface area contributed by atoms with E-state index in [1.807, 2.05) is 0 Å². The van der Waals surface area contributed by atoms with E-state index in [-0.39, 0.29) is 5.75 Å². The lowest BCUT2D eigenvalue weighted by Crippen LogP contribution is -2.40. The SMILES string of the molecule is C[C@@H]1C[C@@H](C)CN(CCCNS(=O)(=O)Cc2ccc(Cl)cc2)C1. The van der Waals surface area contributed by atoms with Crippen LogP contribution in [0.3, 0.4) is 0 Å². The third-order valence-corrected chi connectivity index (χ3v) is 5.80. The molecule has 0 aromatic heterocycles. The Morgan fingerprint density at radius 2 is 1.78 bits per heavy atom. The number of nitrogens with zero attached hydrogens (tertiary/aromatic N) is 1. The van der Waals surface area contributed by atoms with Gasteiger partial charge in [0.15, 0.2) is 0 Å². The van der Waals surface area contributed by atoms with Gasteiger partial charge in [-0.2, -0.15) is 0 Å². The van der Waals surface area contributed by atoms with Crippen LogP contribution >= 0.6 is 11.6 Å². The number of halogens is 1. The highest BCUT2D eigenvalue weighted by Crippen LogP contribution is 2.20. The molecule has 1 aromatic carbocycles. The van der Waals surface area contributed by atoms with Gasteiger partial charge in [-0.15, -0.1) is 0 Å². The first-order valence-electron chi connectivity index (χ1n) is 8.28. The lowest BCUT2D eigenvalue weighted by Gasteiger charge is -2.34. The molecule has 0 unspecified atom stereocenters. The standard InChI is InChI=1S/C17H27ClN2O2S/c1-14-10-15(2)12-20(11-14)9-3-8-19-23(21,22)13-16-4-6-17(18)7-5-16/h4-7,14-15,19H,3,8-13H2,1-2H3/t14-,15-/m1/s1. The maximum atomic E-state index is 12.1. The van der Waals surface area contributed by atoms with Crippen molar-refractivity contribution in [2.24, 2.45) is 11.8 Å². The van der Waals surface area contributed by atoms with Gasteiger partial charge in [0.25, 0.3) is 0 Å². The van der Waals surface area contributed by atoms with Gasteiger partial charge in [-0.3, -0.25) is 0 Å². The van der Waals surface area contributed by atoms with Crippen LogP contribution in [0.1, 0.15) is 32.3 Å². The smallest absolute Gasteiger partial charge is 0.215 e. The van der Waals surface area contributed by atoms with Gasteiger partial charge in [0.2, 0.25) is 10.0 Å². The Balaban J connectivity index is 1.71. The number of likely N-dealkylation sites (tertiary alicyclic amines) is 1. The van der Waals surface area contributed by atoms with E-state index in [1.165, 1.54) is 6.42 Å². The minimum atomic E-state index is -3.28. The van der Waals surface area contributed by atoms with E-state index in [1.54, 1.807) is 24.3 Å². The molecule has 1 aliphatic heterocycles. The molecule has 1 aliphatic rings. The molecule has 1 fully saturated rings. The van der Waals surface area contributed by atoms with Crippen LogP contribution in [-0.4, -0.2) is 39.5 Å². The predicted molar refractivity (Wildman–Crippen MR) is 96.1 cm³/mol. The van der Waals surface area contributed by atoms with Crippen molar-refractivity contribution < 1.29 is 8.42 Å². The number of hydrogen-bond acceptors (Lipinski definition) is 3. The Hall–Kier alpha value is -0.620. The molecule has 0 aliphatic carbocycles. The molecular weight excluding hydrogens is 332 g/mol. The summed E-state index contributed by atoms with van der Waals surface area (Å²) in [7, 11) is -3.28. The van der Waals surface area contributed by atoms with Gasteiger partial charge in [-0.25, -0.2) is 13.1 Å². The van der Waals surface area contributed by atoms with Crippen molar-refractivity contribution in [3.63, 3.8) is 0 Å². The number of rotatable bonds is 7. The molecule has 0 radical (unpaired) electrons. The van der Waals surface area contributed by atoms with E-state index in [0.29, 0.717) is 11.6 Å². The summed E-state index contributed by atoms with van der Waals surface area (Å²) in [5, 5.41) is 0.615. The highest BCUT2D eigenvalue weighted by molar-refractivity contribution is 7.88. The molecule has 2 rings (SSSR count). The van der Waals surface area contributed by atoms with Gasteiger partial charge in [0, 0.05) is 24.7 Å². The van der Waals surface area contributed by atoms with Gasteiger partial charge >= 0.3 is 0 Å². The summed E-state index contributed by atoms with van der Waals surface area (Å²) in [6, 6.07) is 6.92. The molecule has 6 heteroatoms. The maximum Gasteiger partial charge on any atom is 0.215 e. The third-order valence-electron chi connectivity index (χ3n) is 4.19. The van der Waals surface area contributed by atoms with Crippen LogP contribution in [0, 0.1) is 11.8 Å². The molecule has 0 spiro atoms. The molecule has 2 atom stereocenters. The van der Waals surface area contributed by atoms with E-state index in [2.05, 4.69) is 23.5 Å². The Labute approximate surface area is 145 Å². The second kappa shape index (κ2) is 8.47. The van der Waals surface area contributed by atoms with Crippen LogP contribution in [0.25, 0.3) is 0 Å². The quantitative estimate of drug-likeness (QED) is 0.762. The molecule has 4 nitrogen and oxygen atoms in total. The molecule has 1 N–H and O–H groups in total. The van der Waals surface area contributed by atoms with Gasteiger partial charge in [-0.05, 0) is 48.9 Å². The molecule has 1 heterocycles. The Morgan fingerprint density at radius 3 is 2.39 bits per heavy atom. The topological polar surface area (TPSA) is 49.4 Å². The fourth-order valence-electron chi connectivity index (χ4n) is 3.36. The molecule has 23 heavy (non-hydrogen) atoms. The normalized spacial score (nSPS) is 23.1. The van der Waals surface area contributed by atoms with Crippen molar-refractivity contribution in [2.45, 2.75) is 32.4 Å². The Morgan fingerprint density at radius 1 is 1.17 bits per heavy atom. The summed E-state index contributed by atoms with van der Waals surface area (Å²) in [6.07, 6.45) is 2.14. The van der Waals surface area contributed by atoms with Crippen LogP contribution in [0.5, 0.6) is 0 Å². The summed E-state index contributed by atoms with van der Waals surface area (Å²) in [6.45, 7) is 8.28. The molecule has 0 saturated carbocycles. The minimum absolute atomic E-state index is 0.00194. The van der Waals surface area contributed by atoms with E-state index in [0.717, 1.165) is 43.5 Å². The summed E-state index contributed by atoms with van der Waals surface area (Å²) < 4.78 is 26.9. The molecule has 0 bridgehead atoms. The van der Waals surface area contributed by atoms with Gasteiger partial charge in [-0.1, -0.05) is 37.6 Å². The first-order valence-corrected chi connectivity index (χ1v) is 10.3. The predicted octanol–water partition coefficient (Wildman–Crippen LogP) is 3.13. The van der Waals surface area contributed by atoms with E-state index >= 15 is 0 Å². The number of benzene rings is 1. The Bertz CT molecular complexity index is 579. The van der Waals surface area contributed by atoms with Crippen molar-refractivity contribution in [3.05, 3.63) is 34.9 Å². The van der Waals surface area contributed by atoms with Gasteiger partial charge < -0.3 is 4.90 Å². The van der Waals surface area contributed by atoms with Crippen LogP contribution in [0.4, 0.5) is 0 Å². The third kappa shape index (κ3) is 6.79. The zero-order chi connectivity index (χ0) is 16.9. The van der Waals surface area contributed by atoms with Gasteiger partial charge in [0.1, 0.15) is 0 Å². The van der Waals surface area contributed by atoms with Crippen molar-refractivity contribution in [1.29, 1.82) is 0 Å². The monoisotopic (exact) mass is 358 g/mol. The highest BCUT2D eigenvalue weighted by atomic mass is 35.5. The summed E-state index contributed by atoms with van der Waals surface area (Å²) in [4.78, 5) is 2.45. The van der Waals surface area contributed by atoms with Crippen LogP contribution in [0.15, 0.2) is 24.3 Å². The zero-order valence-corrected chi connectivity index (χ0v) is 15.5. The van der Waals surface area contributed by atoms with Crippen molar-refractivity contribution in [2.75, 3.05) is 26.2 Å². The van der Waals surface area contributed by atoms with Gasteiger partial charge in [0.05, 0.1) is 5.75 Å². The number of sulfonamides is 1. The molecule has 0 amide bonds. The average Bonchev–Trinajstić information content (AvgIpc) is 2.45. The van der Waals surface area contributed by atoms with E-state index < -0.39 is 10.0 Å². The van der Waals surface area contributed by atoms with Crippen LogP contribution in [0.2, 0.25) is 5.02 Å². The highest BCUT2D eigenvalue weighted by Gasteiger charge is 2.21. The second-order valence-electron chi connectivity index (χ2n) is 6.84.